The Morgan fingerprint density at radius 3 is 2.35 bits per heavy atom. The molecule has 0 radical (unpaired) electrons. The van der Waals surface area contributed by atoms with Gasteiger partial charge in [0, 0.05) is 10.5 Å². The first-order valence-electron chi connectivity index (χ1n) is 6.43. The van der Waals surface area contributed by atoms with E-state index in [0.717, 1.165) is 15.6 Å². The van der Waals surface area contributed by atoms with Gasteiger partial charge in [0.05, 0.1) is 0 Å². The van der Waals surface area contributed by atoms with Gasteiger partial charge in [-0.15, -0.1) is 0 Å². The first-order valence-corrected chi connectivity index (χ1v) is 7.23. The van der Waals surface area contributed by atoms with Crippen molar-refractivity contribution in [1.82, 2.24) is 5.32 Å². The maximum Gasteiger partial charge on any atom is 0.239 e. The molecular formula is C16H17BrN2O. The standard InChI is InChI=1S/C16H17BrN2O/c1-11(13-8-5-9-14(17)10-13)19-15(16(18)20)12-6-3-2-4-7-12/h2-11,15,19H,1H3,(H2,18,20)/t11-,15+/m1/s1. The van der Waals surface area contributed by atoms with Crippen LogP contribution in [0.5, 0.6) is 0 Å². The van der Waals surface area contributed by atoms with E-state index < -0.39 is 6.04 Å². The lowest BCUT2D eigenvalue weighted by Crippen LogP contribution is -2.35. The average molecular weight is 333 g/mol. The third-order valence-corrected chi connectivity index (χ3v) is 3.68. The molecule has 104 valence electrons. The van der Waals surface area contributed by atoms with Crippen molar-refractivity contribution in [3.05, 3.63) is 70.2 Å². The number of benzene rings is 2. The molecule has 0 heterocycles. The molecule has 0 unspecified atom stereocenters. The van der Waals surface area contributed by atoms with Crippen LogP contribution < -0.4 is 11.1 Å². The van der Waals surface area contributed by atoms with E-state index in [9.17, 15) is 4.79 Å². The topological polar surface area (TPSA) is 55.1 Å². The molecule has 4 heteroatoms. The Morgan fingerprint density at radius 2 is 1.75 bits per heavy atom. The minimum Gasteiger partial charge on any atom is -0.368 e. The monoisotopic (exact) mass is 332 g/mol. The van der Waals surface area contributed by atoms with Gasteiger partial charge in [-0.3, -0.25) is 10.1 Å². The SMILES string of the molecule is C[C@@H](N[C@H](C(N)=O)c1ccccc1)c1cccc(Br)c1. The van der Waals surface area contributed by atoms with Crippen LogP contribution >= 0.6 is 15.9 Å². The van der Waals surface area contributed by atoms with E-state index >= 15 is 0 Å². The molecular weight excluding hydrogens is 316 g/mol. The number of amides is 1. The van der Waals surface area contributed by atoms with Crippen molar-refractivity contribution in [3.63, 3.8) is 0 Å². The molecule has 3 nitrogen and oxygen atoms in total. The highest BCUT2D eigenvalue weighted by atomic mass is 79.9. The second kappa shape index (κ2) is 6.68. The van der Waals surface area contributed by atoms with E-state index in [0.29, 0.717) is 0 Å². The van der Waals surface area contributed by atoms with Crippen LogP contribution in [0.4, 0.5) is 0 Å². The molecule has 20 heavy (non-hydrogen) atoms. The number of hydrogen-bond donors (Lipinski definition) is 2. The summed E-state index contributed by atoms with van der Waals surface area (Å²) in [6.07, 6.45) is 0. The Hall–Kier alpha value is -1.65. The first kappa shape index (κ1) is 14.8. The number of primary amides is 1. The van der Waals surface area contributed by atoms with E-state index in [2.05, 4.69) is 21.2 Å². The molecule has 1 amide bonds. The summed E-state index contributed by atoms with van der Waals surface area (Å²) < 4.78 is 1.01. The summed E-state index contributed by atoms with van der Waals surface area (Å²) >= 11 is 3.45. The predicted molar refractivity (Wildman–Crippen MR) is 84.1 cm³/mol. The Labute approximate surface area is 127 Å². The molecule has 0 aliphatic heterocycles. The lowest BCUT2D eigenvalue weighted by atomic mass is 10.0. The van der Waals surface area contributed by atoms with Gasteiger partial charge < -0.3 is 5.73 Å². The summed E-state index contributed by atoms with van der Waals surface area (Å²) in [7, 11) is 0. The van der Waals surface area contributed by atoms with E-state index in [1.807, 2.05) is 61.5 Å². The zero-order valence-electron chi connectivity index (χ0n) is 11.2. The van der Waals surface area contributed by atoms with Crippen molar-refractivity contribution >= 4 is 21.8 Å². The number of carbonyl (C=O) groups is 1. The first-order chi connectivity index (χ1) is 9.58. The summed E-state index contributed by atoms with van der Waals surface area (Å²) in [4.78, 5) is 11.7. The van der Waals surface area contributed by atoms with E-state index in [1.54, 1.807) is 0 Å². The van der Waals surface area contributed by atoms with E-state index in [-0.39, 0.29) is 11.9 Å². The van der Waals surface area contributed by atoms with Crippen LogP contribution in [-0.4, -0.2) is 5.91 Å². The minimum atomic E-state index is -0.495. The van der Waals surface area contributed by atoms with Crippen LogP contribution in [0.25, 0.3) is 0 Å². The van der Waals surface area contributed by atoms with Crippen molar-refractivity contribution in [2.45, 2.75) is 19.0 Å². The Kier molecular flexibility index (Phi) is 4.93. The second-order valence-corrected chi connectivity index (χ2v) is 5.61. The molecule has 0 bridgehead atoms. The van der Waals surface area contributed by atoms with Crippen LogP contribution in [0.1, 0.15) is 30.1 Å². The van der Waals surface area contributed by atoms with Gasteiger partial charge in [0.25, 0.3) is 0 Å². The molecule has 2 aromatic rings. The van der Waals surface area contributed by atoms with Crippen LogP contribution in [0, 0.1) is 0 Å². The van der Waals surface area contributed by atoms with Crippen molar-refractivity contribution in [2.75, 3.05) is 0 Å². The maximum absolute atomic E-state index is 11.7. The quantitative estimate of drug-likeness (QED) is 0.882. The number of rotatable bonds is 5. The van der Waals surface area contributed by atoms with E-state index in [1.165, 1.54) is 0 Å². The average Bonchev–Trinajstić information content (AvgIpc) is 2.45. The minimum absolute atomic E-state index is 0.0187. The van der Waals surface area contributed by atoms with Crippen LogP contribution in [0.3, 0.4) is 0 Å². The highest BCUT2D eigenvalue weighted by molar-refractivity contribution is 9.10. The van der Waals surface area contributed by atoms with Gasteiger partial charge in [-0.25, -0.2) is 0 Å². The number of halogens is 1. The zero-order valence-corrected chi connectivity index (χ0v) is 12.8. The van der Waals surface area contributed by atoms with E-state index in [4.69, 9.17) is 5.73 Å². The molecule has 0 fully saturated rings. The molecule has 2 aromatic carbocycles. The lowest BCUT2D eigenvalue weighted by molar-refractivity contribution is -0.120. The predicted octanol–water partition coefficient (Wildman–Crippen LogP) is 3.33. The van der Waals surface area contributed by atoms with Gasteiger partial charge in [-0.05, 0) is 30.2 Å². The largest absolute Gasteiger partial charge is 0.368 e. The smallest absolute Gasteiger partial charge is 0.239 e. The van der Waals surface area contributed by atoms with Crippen LogP contribution in [-0.2, 0) is 4.79 Å². The zero-order chi connectivity index (χ0) is 14.5. The fourth-order valence-corrected chi connectivity index (χ4v) is 2.53. The van der Waals surface area contributed by atoms with Crippen LogP contribution in [0.2, 0.25) is 0 Å². The molecule has 0 saturated carbocycles. The van der Waals surface area contributed by atoms with Crippen molar-refractivity contribution in [2.24, 2.45) is 5.73 Å². The summed E-state index contributed by atoms with van der Waals surface area (Å²) in [6, 6.07) is 17.0. The fraction of sp³-hybridized carbons (Fsp3) is 0.188. The number of hydrogen-bond acceptors (Lipinski definition) is 2. The van der Waals surface area contributed by atoms with Gasteiger partial charge in [-0.2, -0.15) is 0 Å². The number of carbonyl (C=O) groups excluding carboxylic acids is 1. The van der Waals surface area contributed by atoms with Crippen LogP contribution in [0.15, 0.2) is 59.1 Å². The molecule has 2 atom stereocenters. The molecule has 2 rings (SSSR count). The molecule has 0 aromatic heterocycles. The van der Waals surface area contributed by atoms with Crippen molar-refractivity contribution < 1.29 is 4.79 Å². The van der Waals surface area contributed by atoms with Gasteiger partial charge in [0.15, 0.2) is 0 Å². The van der Waals surface area contributed by atoms with Crippen molar-refractivity contribution in [1.29, 1.82) is 0 Å². The van der Waals surface area contributed by atoms with Crippen molar-refractivity contribution in [3.8, 4) is 0 Å². The van der Waals surface area contributed by atoms with Gasteiger partial charge in [0.1, 0.15) is 6.04 Å². The molecule has 3 N–H and O–H groups in total. The fourth-order valence-electron chi connectivity index (χ4n) is 2.11. The Morgan fingerprint density at radius 1 is 1.10 bits per heavy atom. The van der Waals surface area contributed by atoms with Gasteiger partial charge in [-0.1, -0.05) is 58.4 Å². The summed E-state index contributed by atoms with van der Waals surface area (Å²) in [5.74, 6) is -0.377. The molecule has 0 spiro atoms. The van der Waals surface area contributed by atoms with Gasteiger partial charge in [0.2, 0.25) is 5.91 Å². The Bertz CT molecular complexity index is 586. The normalized spacial score (nSPS) is 13.7. The highest BCUT2D eigenvalue weighted by Gasteiger charge is 2.20. The summed E-state index contributed by atoms with van der Waals surface area (Å²) in [5.41, 5.74) is 7.49. The highest BCUT2D eigenvalue weighted by Crippen LogP contribution is 2.22. The molecule has 0 aliphatic carbocycles. The maximum atomic E-state index is 11.7. The summed E-state index contributed by atoms with van der Waals surface area (Å²) in [5, 5.41) is 3.28. The Balaban J connectivity index is 2.19. The second-order valence-electron chi connectivity index (χ2n) is 4.69. The lowest BCUT2D eigenvalue weighted by Gasteiger charge is -2.21. The molecule has 0 aliphatic rings. The number of nitrogens with one attached hydrogen (secondary N) is 1. The molecule has 0 saturated heterocycles. The number of nitrogens with two attached hydrogens (primary N) is 1. The van der Waals surface area contributed by atoms with Gasteiger partial charge >= 0.3 is 0 Å². The third kappa shape index (κ3) is 3.68. The summed E-state index contributed by atoms with van der Waals surface area (Å²) in [6.45, 7) is 2.01. The third-order valence-electron chi connectivity index (χ3n) is 3.18.